The summed E-state index contributed by atoms with van der Waals surface area (Å²) in [4.78, 5) is 4.49. The summed E-state index contributed by atoms with van der Waals surface area (Å²) in [6, 6.07) is 16.8. The van der Waals surface area contributed by atoms with Gasteiger partial charge in [0.25, 0.3) is 0 Å². The molecule has 21 heavy (non-hydrogen) atoms. The molecule has 1 aromatic heterocycles. The normalized spacial score (nSPS) is 11.1. The Kier molecular flexibility index (Phi) is 4.31. The smallest absolute Gasteiger partial charge is 0.100 e. The number of fused-ring (bicyclic) bond motifs is 1. The van der Waals surface area contributed by atoms with Crippen LogP contribution in [0.3, 0.4) is 0 Å². The van der Waals surface area contributed by atoms with Gasteiger partial charge in [-0.2, -0.15) is 0 Å². The van der Waals surface area contributed by atoms with E-state index in [0.717, 1.165) is 30.4 Å². The molecular formula is C18H21N3. The first kappa shape index (κ1) is 13.8. The molecular weight excluding hydrogens is 258 g/mol. The summed E-state index contributed by atoms with van der Waals surface area (Å²) in [5.41, 5.74) is 10.4. The van der Waals surface area contributed by atoms with Crippen LogP contribution in [0.2, 0.25) is 0 Å². The molecule has 3 heteroatoms. The highest BCUT2D eigenvalue weighted by Gasteiger charge is 2.07. The van der Waals surface area contributed by atoms with Gasteiger partial charge in [-0.05, 0) is 49.6 Å². The summed E-state index contributed by atoms with van der Waals surface area (Å²) in [5.74, 6) is 0. The Morgan fingerprint density at radius 1 is 0.905 bits per heavy atom. The maximum absolute atomic E-state index is 5.56. The minimum Gasteiger partial charge on any atom is -0.330 e. The van der Waals surface area contributed by atoms with Crippen LogP contribution in [0.15, 0.2) is 54.9 Å². The summed E-state index contributed by atoms with van der Waals surface area (Å²) >= 11 is 0. The average molecular weight is 279 g/mol. The number of nitrogens with zero attached hydrogens (tertiary/aromatic N) is 2. The molecule has 0 radical (unpaired) electrons. The predicted octanol–water partition coefficient (Wildman–Crippen LogP) is 3.70. The number of para-hydroxylation sites is 3. The second-order valence-electron chi connectivity index (χ2n) is 5.33. The van der Waals surface area contributed by atoms with Crippen LogP contribution in [0.25, 0.3) is 16.7 Å². The minimum atomic E-state index is 0.786. The number of imidazole rings is 1. The number of rotatable bonds is 6. The predicted molar refractivity (Wildman–Crippen MR) is 87.7 cm³/mol. The van der Waals surface area contributed by atoms with E-state index in [0.29, 0.717) is 0 Å². The van der Waals surface area contributed by atoms with E-state index in [4.69, 9.17) is 5.73 Å². The molecule has 0 aliphatic rings. The molecule has 3 aromatic rings. The highest BCUT2D eigenvalue weighted by atomic mass is 15.0. The van der Waals surface area contributed by atoms with E-state index in [2.05, 4.69) is 52.0 Å². The van der Waals surface area contributed by atoms with Gasteiger partial charge in [0, 0.05) is 0 Å². The summed E-state index contributed by atoms with van der Waals surface area (Å²) in [6.07, 6.45) is 6.48. The number of aryl methyl sites for hydroxylation is 1. The maximum Gasteiger partial charge on any atom is 0.100 e. The monoisotopic (exact) mass is 279 g/mol. The van der Waals surface area contributed by atoms with Crippen LogP contribution in [-0.4, -0.2) is 16.1 Å². The van der Waals surface area contributed by atoms with Gasteiger partial charge in [0.05, 0.1) is 16.7 Å². The standard InChI is InChI=1S/C18H21N3/c19-13-7-1-2-8-15-9-3-5-11-17(15)21-14-20-16-10-4-6-12-18(16)21/h3-6,9-12,14H,1-2,7-8,13,19H2. The van der Waals surface area contributed by atoms with Gasteiger partial charge in [0.15, 0.2) is 0 Å². The van der Waals surface area contributed by atoms with Crippen molar-refractivity contribution < 1.29 is 0 Å². The maximum atomic E-state index is 5.56. The van der Waals surface area contributed by atoms with Crippen LogP contribution in [-0.2, 0) is 6.42 Å². The van der Waals surface area contributed by atoms with Crippen molar-refractivity contribution in [3.63, 3.8) is 0 Å². The molecule has 0 saturated heterocycles. The van der Waals surface area contributed by atoms with E-state index in [1.54, 1.807) is 0 Å². The Bertz CT molecular complexity index is 715. The first-order valence-corrected chi connectivity index (χ1v) is 7.60. The molecule has 0 saturated carbocycles. The van der Waals surface area contributed by atoms with E-state index in [-0.39, 0.29) is 0 Å². The number of nitrogens with two attached hydrogens (primary N) is 1. The van der Waals surface area contributed by atoms with Crippen molar-refractivity contribution in [2.24, 2.45) is 5.73 Å². The molecule has 0 unspecified atom stereocenters. The molecule has 0 spiro atoms. The van der Waals surface area contributed by atoms with Crippen LogP contribution in [0.1, 0.15) is 24.8 Å². The topological polar surface area (TPSA) is 43.8 Å². The second-order valence-corrected chi connectivity index (χ2v) is 5.33. The van der Waals surface area contributed by atoms with Crippen LogP contribution >= 0.6 is 0 Å². The SMILES string of the molecule is NCCCCCc1ccccc1-n1cnc2ccccc21. The van der Waals surface area contributed by atoms with Gasteiger partial charge in [-0.15, -0.1) is 0 Å². The third kappa shape index (κ3) is 2.98. The largest absolute Gasteiger partial charge is 0.330 e. The molecule has 1 heterocycles. The lowest BCUT2D eigenvalue weighted by molar-refractivity contribution is 0.685. The molecule has 0 aliphatic heterocycles. The van der Waals surface area contributed by atoms with Crippen LogP contribution in [0.5, 0.6) is 0 Å². The van der Waals surface area contributed by atoms with Crippen molar-refractivity contribution in [3.05, 3.63) is 60.4 Å². The highest BCUT2D eigenvalue weighted by Crippen LogP contribution is 2.22. The summed E-state index contributed by atoms with van der Waals surface area (Å²) in [6.45, 7) is 0.786. The molecule has 0 aliphatic carbocycles. The molecule has 3 nitrogen and oxygen atoms in total. The van der Waals surface area contributed by atoms with E-state index in [1.165, 1.54) is 24.1 Å². The van der Waals surface area contributed by atoms with Crippen LogP contribution in [0, 0.1) is 0 Å². The Balaban J connectivity index is 1.91. The van der Waals surface area contributed by atoms with Crippen molar-refractivity contribution in [2.45, 2.75) is 25.7 Å². The van der Waals surface area contributed by atoms with Crippen molar-refractivity contribution >= 4 is 11.0 Å². The van der Waals surface area contributed by atoms with Crippen molar-refractivity contribution in [3.8, 4) is 5.69 Å². The molecule has 2 aromatic carbocycles. The molecule has 2 N–H and O–H groups in total. The van der Waals surface area contributed by atoms with E-state index >= 15 is 0 Å². The summed E-state index contributed by atoms with van der Waals surface area (Å²) < 4.78 is 2.19. The molecule has 0 bridgehead atoms. The van der Waals surface area contributed by atoms with Gasteiger partial charge >= 0.3 is 0 Å². The Morgan fingerprint density at radius 3 is 2.62 bits per heavy atom. The number of aromatic nitrogens is 2. The number of unbranched alkanes of at least 4 members (excludes halogenated alkanes) is 2. The number of benzene rings is 2. The third-order valence-electron chi connectivity index (χ3n) is 3.85. The van der Waals surface area contributed by atoms with Gasteiger partial charge in [-0.1, -0.05) is 36.8 Å². The van der Waals surface area contributed by atoms with Gasteiger partial charge in [-0.3, -0.25) is 4.57 Å². The quantitative estimate of drug-likeness (QED) is 0.699. The van der Waals surface area contributed by atoms with Crippen LogP contribution in [0.4, 0.5) is 0 Å². The second kappa shape index (κ2) is 6.55. The molecule has 0 fully saturated rings. The minimum absolute atomic E-state index is 0.786. The fourth-order valence-electron chi connectivity index (χ4n) is 2.74. The summed E-state index contributed by atoms with van der Waals surface area (Å²) in [5, 5.41) is 0. The zero-order valence-electron chi connectivity index (χ0n) is 12.2. The lowest BCUT2D eigenvalue weighted by Gasteiger charge is -2.11. The van der Waals surface area contributed by atoms with Crippen molar-refractivity contribution in [1.82, 2.24) is 9.55 Å². The fourth-order valence-corrected chi connectivity index (χ4v) is 2.74. The fraction of sp³-hybridized carbons (Fsp3) is 0.278. The van der Waals surface area contributed by atoms with Gasteiger partial charge in [0.1, 0.15) is 6.33 Å². The van der Waals surface area contributed by atoms with Crippen molar-refractivity contribution in [2.75, 3.05) is 6.54 Å². The van der Waals surface area contributed by atoms with Gasteiger partial charge < -0.3 is 5.73 Å². The lowest BCUT2D eigenvalue weighted by atomic mass is 10.0. The zero-order chi connectivity index (χ0) is 14.5. The molecule has 0 amide bonds. The van der Waals surface area contributed by atoms with E-state index in [9.17, 15) is 0 Å². The van der Waals surface area contributed by atoms with E-state index in [1.807, 2.05) is 12.4 Å². The number of hydrogen-bond donors (Lipinski definition) is 1. The Morgan fingerprint density at radius 2 is 1.71 bits per heavy atom. The average Bonchev–Trinajstić information content (AvgIpc) is 2.96. The third-order valence-corrected chi connectivity index (χ3v) is 3.85. The Hall–Kier alpha value is -2.13. The van der Waals surface area contributed by atoms with Gasteiger partial charge in [-0.25, -0.2) is 4.98 Å². The molecule has 0 atom stereocenters. The highest BCUT2D eigenvalue weighted by molar-refractivity contribution is 5.77. The van der Waals surface area contributed by atoms with Crippen LogP contribution < -0.4 is 5.73 Å². The van der Waals surface area contributed by atoms with Gasteiger partial charge in [0.2, 0.25) is 0 Å². The lowest BCUT2D eigenvalue weighted by Crippen LogP contribution is -2.00. The first-order valence-electron chi connectivity index (χ1n) is 7.60. The molecule has 108 valence electrons. The first-order chi connectivity index (χ1) is 10.4. The van der Waals surface area contributed by atoms with Crippen molar-refractivity contribution in [1.29, 1.82) is 0 Å². The van der Waals surface area contributed by atoms with E-state index < -0.39 is 0 Å². The molecule has 3 rings (SSSR count). The zero-order valence-corrected chi connectivity index (χ0v) is 12.2. The summed E-state index contributed by atoms with van der Waals surface area (Å²) in [7, 11) is 0. The number of hydrogen-bond acceptors (Lipinski definition) is 2. The Labute approximate surface area is 125 Å².